The van der Waals surface area contributed by atoms with Crippen molar-refractivity contribution >= 4 is 28.4 Å². The molecular formula is C22H19ClN4O2. The zero-order valence-corrected chi connectivity index (χ0v) is 16.5. The predicted molar refractivity (Wildman–Crippen MR) is 114 cm³/mol. The Morgan fingerprint density at radius 1 is 1.14 bits per heavy atom. The third-order valence-corrected chi connectivity index (χ3v) is 5.03. The van der Waals surface area contributed by atoms with Crippen molar-refractivity contribution in [2.75, 3.05) is 7.11 Å². The smallest absolute Gasteiger partial charge is 0.283 e. The highest BCUT2D eigenvalue weighted by Crippen LogP contribution is 2.35. The van der Waals surface area contributed by atoms with Crippen molar-refractivity contribution in [3.05, 3.63) is 83.1 Å². The number of nitrogens with zero attached hydrogens (tertiary/aromatic N) is 2. The molecule has 0 aliphatic carbocycles. The molecule has 0 aliphatic rings. The van der Waals surface area contributed by atoms with E-state index in [0.717, 1.165) is 27.9 Å². The third-order valence-electron chi connectivity index (χ3n) is 4.74. The molecule has 7 heteroatoms. The van der Waals surface area contributed by atoms with Crippen LogP contribution in [-0.4, -0.2) is 22.6 Å². The molecule has 2 aromatic carbocycles. The number of nitrogens with one attached hydrogen (secondary N) is 1. The highest BCUT2D eigenvalue weighted by Gasteiger charge is 2.15. The Morgan fingerprint density at radius 2 is 1.93 bits per heavy atom. The number of aromatic nitrogens is 2. The van der Waals surface area contributed by atoms with E-state index >= 15 is 0 Å². The van der Waals surface area contributed by atoms with Gasteiger partial charge in [0.05, 0.1) is 29.9 Å². The molecule has 6 nitrogen and oxygen atoms in total. The van der Waals surface area contributed by atoms with Gasteiger partial charge in [-0.15, -0.1) is 0 Å². The molecule has 0 atom stereocenters. The summed E-state index contributed by atoms with van der Waals surface area (Å²) in [5.41, 5.74) is 6.14. The molecule has 0 aliphatic heterocycles. The number of methoxy groups -OCH3 is 1. The van der Waals surface area contributed by atoms with Gasteiger partial charge in [0.1, 0.15) is 11.4 Å². The number of nitrogens with two attached hydrogens (primary N) is 1. The number of carbonyl (C=O) groups excluding carboxylic acids is 1. The van der Waals surface area contributed by atoms with Gasteiger partial charge in [0.15, 0.2) is 0 Å². The molecule has 4 aromatic rings. The minimum Gasteiger partial charge on any atom is -0.495 e. The second-order valence-corrected chi connectivity index (χ2v) is 6.92. The highest BCUT2D eigenvalue weighted by atomic mass is 35.5. The van der Waals surface area contributed by atoms with E-state index in [1.807, 2.05) is 36.4 Å². The molecule has 0 saturated heterocycles. The van der Waals surface area contributed by atoms with E-state index in [4.69, 9.17) is 22.2 Å². The van der Waals surface area contributed by atoms with Gasteiger partial charge in [-0.05, 0) is 35.9 Å². The van der Waals surface area contributed by atoms with Gasteiger partial charge >= 0.3 is 0 Å². The number of nitrogen functional groups attached to an aromatic ring is 1. The molecule has 146 valence electrons. The summed E-state index contributed by atoms with van der Waals surface area (Å²) in [4.78, 5) is 16.3. The molecule has 0 unspecified atom stereocenters. The van der Waals surface area contributed by atoms with Crippen molar-refractivity contribution in [2.45, 2.75) is 6.54 Å². The quantitative estimate of drug-likeness (QED) is 0.298. The van der Waals surface area contributed by atoms with Crippen molar-refractivity contribution in [1.29, 1.82) is 0 Å². The number of ether oxygens (including phenoxy) is 1. The number of carbonyl (C=O) groups is 1. The van der Waals surface area contributed by atoms with Crippen LogP contribution in [0.2, 0.25) is 5.02 Å². The van der Waals surface area contributed by atoms with Gasteiger partial charge < -0.3 is 9.30 Å². The first-order valence-electron chi connectivity index (χ1n) is 9.00. The van der Waals surface area contributed by atoms with E-state index in [1.54, 1.807) is 19.2 Å². The molecule has 0 bridgehead atoms. The zero-order valence-electron chi connectivity index (χ0n) is 15.7. The molecule has 2 aromatic heterocycles. The first kappa shape index (κ1) is 19.0. The number of rotatable bonds is 5. The predicted octanol–water partition coefficient (Wildman–Crippen LogP) is 4.02. The molecule has 2 heterocycles. The zero-order chi connectivity index (χ0) is 20.4. The van der Waals surface area contributed by atoms with Gasteiger partial charge in [-0.3, -0.25) is 10.2 Å². The summed E-state index contributed by atoms with van der Waals surface area (Å²) in [5.74, 6) is 5.43. The van der Waals surface area contributed by atoms with Crippen LogP contribution >= 0.6 is 11.6 Å². The summed E-state index contributed by atoms with van der Waals surface area (Å²) in [6.07, 6.45) is 0. The molecule has 0 radical (unpaired) electrons. The van der Waals surface area contributed by atoms with E-state index < -0.39 is 5.91 Å². The molecule has 0 fully saturated rings. The van der Waals surface area contributed by atoms with Gasteiger partial charge in [-0.2, -0.15) is 0 Å². The number of pyridine rings is 1. The summed E-state index contributed by atoms with van der Waals surface area (Å²) >= 11 is 6.40. The Bertz CT molecular complexity index is 1190. The summed E-state index contributed by atoms with van der Waals surface area (Å²) in [5, 5.41) is 1.53. The van der Waals surface area contributed by atoms with Crippen molar-refractivity contribution in [1.82, 2.24) is 15.0 Å². The van der Waals surface area contributed by atoms with E-state index in [-0.39, 0.29) is 5.69 Å². The maximum absolute atomic E-state index is 11.8. The lowest BCUT2D eigenvalue weighted by Crippen LogP contribution is -2.30. The second kappa shape index (κ2) is 7.95. The maximum atomic E-state index is 11.8. The van der Waals surface area contributed by atoms with Crippen molar-refractivity contribution in [2.24, 2.45) is 5.84 Å². The fraction of sp³-hybridized carbons (Fsp3) is 0.0909. The normalized spacial score (nSPS) is 10.9. The Balaban J connectivity index is 1.88. The van der Waals surface area contributed by atoms with Crippen LogP contribution in [0.25, 0.3) is 22.2 Å². The molecule has 4 rings (SSSR count). The minimum absolute atomic E-state index is 0.266. The number of halogens is 1. The Morgan fingerprint density at radius 3 is 2.66 bits per heavy atom. The molecular weight excluding hydrogens is 388 g/mol. The van der Waals surface area contributed by atoms with Crippen LogP contribution in [0, 0.1) is 0 Å². The SMILES string of the molecule is COc1cc2cc(-c3ccccc3)n(Cc3cccc(C(=O)NN)n3)c2cc1Cl. The topological polar surface area (TPSA) is 82.2 Å². The van der Waals surface area contributed by atoms with Gasteiger partial charge in [0.2, 0.25) is 0 Å². The lowest BCUT2D eigenvalue weighted by atomic mass is 10.1. The number of hydrazine groups is 1. The number of benzene rings is 2. The second-order valence-electron chi connectivity index (χ2n) is 6.51. The maximum Gasteiger partial charge on any atom is 0.283 e. The van der Waals surface area contributed by atoms with Crippen LogP contribution in [0.3, 0.4) is 0 Å². The number of hydrogen-bond donors (Lipinski definition) is 2. The van der Waals surface area contributed by atoms with Crippen LogP contribution < -0.4 is 16.0 Å². The fourth-order valence-electron chi connectivity index (χ4n) is 3.37. The molecule has 1 amide bonds. The van der Waals surface area contributed by atoms with Gasteiger partial charge in [0.25, 0.3) is 5.91 Å². The summed E-state index contributed by atoms with van der Waals surface area (Å²) in [6, 6.07) is 21.3. The van der Waals surface area contributed by atoms with Crippen LogP contribution in [0.15, 0.2) is 66.7 Å². The minimum atomic E-state index is -0.430. The lowest BCUT2D eigenvalue weighted by Gasteiger charge is -2.12. The van der Waals surface area contributed by atoms with Crippen LogP contribution in [-0.2, 0) is 6.54 Å². The Labute approximate surface area is 172 Å². The van der Waals surface area contributed by atoms with E-state index in [9.17, 15) is 4.79 Å². The van der Waals surface area contributed by atoms with Crippen LogP contribution in [0.5, 0.6) is 5.75 Å². The van der Waals surface area contributed by atoms with Crippen LogP contribution in [0.4, 0.5) is 0 Å². The van der Waals surface area contributed by atoms with Gasteiger partial charge in [0, 0.05) is 11.1 Å². The number of amides is 1. The monoisotopic (exact) mass is 406 g/mol. The summed E-state index contributed by atoms with van der Waals surface area (Å²) in [6.45, 7) is 0.460. The highest BCUT2D eigenvalue weighted by molar-refractivity contribution is 6.32. The summed E-state index contributed by atoms with van der Waals surface area (Å²) in [7, 11) is 1.60. The molecule has 0 spiro atoms. The van der Waals surface area contributed by atoms with E-state index in [0.29, 0.717) is 17.3 Å². The molecule has 29 heavy (non-hydrogen) atoms. The summed E-state index contributed by atoms with van der Waals surface area (Å²) < 4.78 is 7.50. The first-order valence-corrected chi connectivity index (χ1v) is 9.37. The van der Waals surface area contributed by atoms with Crippen molar-refractivity contribution in [3.63, 3.8) is 0 Å². The van der Waals surface area contributed by atoms with E-state index in [2.05, 4.69) is 33.2 Å². The van der Waals surface area contributed by atoms with Crippen molar-refractivity contribution in [3.8, 4) is 17.0 Å². The van der Waals surface area contributed by atoms with Crippen LogP contribution in [0.1, 0.15) is 16.2 Å². The third kappa shape index (κ3) is 3.68. The number of fused-ring (bicyclic) bond motifs is 1. The van der Waals surface area contributed by atoms with Gasteiger partial charge in [-0.1, -0.05) is 48.0 Å². The lowest BCUT2D eigenvalue weighted by molar-refractivity contribution is 0.0948. The Hall–Kier alpha value is -3.35. The Kier molecular flexibility index (Phi) is 5.20. The first-order chi connectivity index (χ1) is 14.1. The standard InChI is InChI=1S/C22H19ClN4O2/c1-29-21-11-15-10-19(14-6-3-2-4-7-14)27(20(15)12-17(21)23)13-16-8-5-9-18(25-16)22(28)26-24/h2-12H,13,24H2,1H3,(H,26,28). The van der Waals surface area contributed by atoms with Crippen molar-refractivity contribution < 1.29 is 9.53 Å². The largest absolute Gasteiger partial charge is 0.495 e. The average Bonchev–Trinajstić information content (AvgIpc) is 3.10. The number of hydrogen-bond acceptors (Lipinski definition) is 4. The molecule has 3 N–H and O–H groups in total. The fourth-order valence-corrected chi connectivity index (χ4v) is 3.60. The average molecular weight is 407 g/mol. The van der Waals surface area contributed by atoms with E-state index in [1.165, 1.54) is 0 Å². The van der Waals surface area contributed by atoms with Gasteiger partial charge in [-0.25, -0.2) is 10.8 Å². The molecule has 0 saturated carbocycles.